The highest BCUT2D eigenvalue weighted by atomic mass is 79.9. The van der Waals surface area contributed by atoms with E-state index in [1.807, 2.05) is 0 Å². The van der Waals surface area contributed by atoms with Crippen molar-refractivity contribution in [3.63, 3.8) is 0 Å². The van der Waals surface area contributed by atoms with Crippen LogP contribution < -0.4 is 21.3 Å². The second-order valence-corrected chi connectivity index (χ2v) is 9.42. The van der Waals surface area contributed by atoms with E-state index in [0.29, 0.717) is 4.47 Å². The lowest BCUT2D eigenvalue weighted by Crippen LogP contribution is -2.42. The number of nitro groups is 1. The number of aliphatic carboxylic acids is 1. The van der Waals surface area contributed by atoms with Gasteiger partial charge in [-0.1, -0.05) is 27.5 Å². The number of nitrogens with one attached hydrogen (secondary N) is 4. The summed E-state index contributed by atoms with van der Waals surface area (Å²) in [7, 11) is 0. The molecule has 0 saturated carbocycles. The number of carboxylic acid groups (broad SMARTS) is 1. The zero-order valence-corrected chi connectivity index (χ0v) is 21.7. The van der Waals surface area contributed by atoms with Crippen LogP contribution in [0.4, 0.5) is 11.4 Å². The molecule has 0 aliphatic carbocycles. The zero-order chi connectivity index (χ0) is 28.0. The number of carboxylic acids is 1. The van der Waals surface area contributed by atoms with Crippen LogP contribution in [0.1, 0.15) is 28.4 Å². The molecule has 2 aromatic rings. The van der Waals surface area contributed by atoms with Crippen LogP contribution in [0.3, 0.4) is 0 Å². The number of aliphatic hydroxyl groups excluding tert-OH is 1. The van der Waals surface area contributed by atoms with Gasteiger partial charge in [0.2, 0.25) is 5.91 Å². The Hall–Kier alpha value is -3.95. The van der Waals surface area contributed by atoms with Gasteiger partial charge in [0.25, 0.3) is 11.6 Å². The summed E-state index contributed by atoms with van der Waals surface area (Å²) in [5, 5.41) is 50.7. The molecule has 2 aromatic carbocycles. The lowest BCUT2D eigenvalue weighted by molar-refractivity contribution is -0.384. The summed E-state index contributed by atoms with van der Waals surface area (Å²) in [5.41, 5.74) is -0.318. The van der Waals surface area contributed by atoms with Crippen molar-refractivity contribution in [1.82, 2.24) is 16.0 Å². The molecule has 0 fully saturated rings. The van der Waals surface area contributed by atoms with E-state index in [2.05, 4.69) is 42.2 Å². The highest BCUT2D eigenvalue weighted by molar-refractivity contribution is 9.10. The molecule has 1 aliphatic rings. The predicted octanol–water partition coefficient (Wildman–Crippen LogP) is 1.51. The molecule has 7 N–H and O–H groups in total. The monoisotopic (exact) mass is 612 g/mol. The minimum Gasteiger partial charge on any atom is -0.506 e. The second kappa shape index (κ2) is 12.5. The van der Waals surface area contributed by atoms with Crippen LogP contribution in [-0.2, 0) is 9.59 Å². The number of nitro benzene ring substituents is 1. The van der Waals surface area contributed by atoms with Gasteiger partial charge in [-0.05, 0) is 18.2 Å². The summed E-state index contributed by atoms with van der Waals surface area (Å²) in [6, 6.07) is 5.13. The summed E-state index contributed by atoms with van der Waals surface area (Å²) >= 11 is 9.14. The third kappa shape index (κ3) is 7.77. The van der Waals surface area contributed by atoms with Crippen LogP contribution in [-0.4, -0.2) is 69.7 Å². The summed E-state index contributed by atoms with van der Waals surface area (Å²) in [5.74, 6) is -3.03. The van der Waals surface area contributed by atoms with Crippen LogP contribution in [0.25, 0.3) is 0 Å². The lowest BCUT2D eigenvalue weighted by Gasteiger charge is -2.20. The first-order valence-electron chi connectivity index (χ1n) is 10.9. The van der Waals surface area contributed by atoms with E-state index in [9.17, 15) is 39.8 Å². The molecule has 38 heavy (non-hydrogen) atoms. The SMILES string of the molecule is O=C(O)C[C@@H](NC(=O)CNC(=O)c1cc(NC2=NCC(O)CN2)cc([N+](=O)[O-])c1)c1cc(Br)cc(Cl)c1O. The number of hydrogen-bond acceptors (Lipinski definition) is 10. The Bertz CT molecular complexity index is 1310. The standard InChI is InChI=1S/C22H22BrClN6O8/c23-11-3-15(20(35)16(24)4-11)17(6-19(33)34)29-18(32)9-25-21(36)10-1-12(5-13(2-10)30(37)38)28-22-26-7-14(31)8-27-22/h1-5,14,17,31,35H,6-9H2,(H,25,36)(H,29,32)(H,33,34)(H2,26,27,28)/t17-/m1/s1. The van der Waals surface area contributed by atoms with Crippen LogP contribution in [0.5, 0.6) is 5.75 Å². The van der Waals surface area contributed by atoms with Gasteiger partial charge in [-0.3, -0.25) is 29.5 Å². The van der Waals surface area contributed by atoms with Crippen LogP contribution in [0, 0.1) is 10.1 Å². The molecule has 2 amide bonds. The fourth-order valence-electron chi connectivity index (χ4n) is 3.44. The molecule has 14 nitrogen and oxygen atoms in total. The number of anilines is 1. The number of carbonyl (C=O) groups is 3. The zero-order valence-electron chi connectivity index (χ0n) is 19.4. The molecule has 0 radical (unpaired) electrons. The fourth-order valence-corrected chi connectivity index (χ4v) is 4.28. The predicted molar refractivity (Wildman–Crippen MR) is 139 cm³/mol. The number of aliphatic imine (C=N–C) groups is 1. The molecule has 16 heteroatoms. The van der Waals surface area contributed by atoms with Gasteiger partial charge in [-0.15, -0.1) is 0 Å². The number of rotatable bonds is 9. The topological polar surface area (TPSA) is 216 Å². The number of aromatic hydroxyl groups is 1. The first kappa shape index (κ1) is 28.6. The van der Waals surface area contributed by atoms with E-state index < -0.39 is 59.3 Å². The minimum atomic E-state index is -1.27. The first-order chi connectivity index (χ1) is 17.9. The fraction of sp³-hybridized carbons (Fsp3) is 0.273. The van der Waals surface area contributed by atoms with E-state index in [-0.39, 0.29) is 40.9 Å². The number of benzene rings is 2. The van der Waals surface area contributed by atoms with Gasteiger partial charge in [0.15, 0.2) is 5.96 Å². The van der Waals surface area contributed by atoms with E-state index in [4.69, 9.17) is 11.6 Å². The summed E-state index contributed by atoms with van der Waals surface area (Å²) in [4.78, 5) is 51.3. The normalized spacial score (nSPS) is 15.4. The van der Waals surface area contributed by atoms with Crippen molar-refractivity contribution in [2.75, 3.05) is 25.0 Å². The number of phenols is 1. The van der Waals surface area contributed by atoms with Gasteiger partial charge >= 0.3 is 5.97 Å². The smallest absolute Gasteiger partial charge is 0.305 e. The third-order valence-electron chi connectivity index (χ3n) is 5.18. The number of carbonyl (C=O) groups excluding carboxylic acids is 2. The number of non-ortho nitro benzene ring substituents is 1. The number of halogens is 2. The summed E-state index contributed by atoms with van der Waals surface area (Å²) < 4.78 is 0.439. The molecule has 0 saturated heterocycles. The number of amides is 2. The number of aliphatic hydroxyl groups is 1. The molecule has 1 aliphatic heterocycles. The average molecular weight is 614 g/mol. The van der Waals surface area contributed by atoms with E-state index >= 15 is 0 Å². The third-order valence-corrected chi connectivity index (χ3v) is 5.92. The minimum absolute atomic E-state index is 0.0487. The van der Waals surface area contributed by atoms with Crippen LogP contribution in [0.15, 0.2) is 39.8 Å². The molecule has 202 valence electrons. The Labute approximate surface area is 228 Å². The van der Waals surface area contributed by atoms with Crippen molar-refractivity contribution in [1.29, 1.82) is 0 Å². The Morgan fingerprint density at radius 3 is 2.63 bits per heavy atom. The van der Waals surface area contributed by atoms with E-state index in [1.165, 1.54) is 24.3 Å². The molecule has 1 unspecified atom stereocenters. The lowest BCUT2D eigenvalue weighted by atomic mass is 10.0. The Morgan fingerprint density at radius 2 is 2.00 bits per heavy atom. The van der Waals surface area contributed by atoms with Crippen molar-refractivity contribution >= 4 is 62.6 Å². The number of β-amino-alcohol motifs (C(OH)–C–C–N with tert-alkyl or cyclic N) is 1. The van der Waals surface area contributed by atoms with Gasteiger partial charge in [-0.2, -0.15) is 0 Å². The molecular weight excluding hydrogens is 592 g/mol. The average Bonchev–Trinajstić information content (AvgIpc) is 2.85. The first-order valence-corrected chi connectivity index (χ1v) is 12.1. The summed E-state index contributed by atoms with van der Waals surface area (Å²) in [6.07, 6.45) is -1.26. The highest BCUT2D eigenvalue weighted by Gasteiger charge is 2.24. The second-order valence-electron chi connectivity index (χ2n) is 8.10. The molecular formula is C22H22BrClN6O8. The maximum Gasteiger partial charge on any atom is 0.305 e. The number of hydrogen-bond donors (Lipinski definition) is 7. The quantitative estimate of drug-likeness (QED) is 0.160. The van der Waals surface area contributed by atoms with Gasteiger partial charge in [0, 0.05) is 40.0 Å². The molecule has 0 bridgehead atoms. The number of phenolic OH excluding ortho intramolecular Hbond substituents is 1. The van der Waals surface area contributed by atoms with Gasteiger partial charge in [0.1, 0.15) is 5.75 Å². The van der Waals surface area contributed by atoms with Crippen molar-refractivity contribution < 1.29 is 34.6 Å². The number of nitrogens with zero attached hydrogens (tertiary/aromatic N) is 2. The highest BCUT2D eigenvalue weighted by Crippen LogP contribution is 2.36. The van der Waals surface area contributed by atoms with Gasteiger partial charge < -0.3 is 36.6 Å². The van der Waals surface area contributed by atoms with E-state index in [1.54, 1.807) is 0 Å². The molecule has 2 atom stereocenters. The van der Waals surface area contributed by atoms with Crippen LogP contribution >= 0.6 is 27.5 Å². The maximum atomic E-state index is 12.7. The molecule has 0 aromatic heterocycles. The van der Waals surface area contributed by atoms with Crippen LogP contribution in [0.2, 0.25) is 5.02 Å². The largest absolute Gasteiger partial charge is 0.506 e. The van der Waals surface area contributed by atoms with Crippen molar-refractivity contribution in [2.45, 2.75) is 18.6 Å². The Morgan fingerprint density at radius 1 is 1.26 bits per heavy atom. The molecule has 1 heterocycles. The maximum absolute atomic E-state index is 12.7. The van der Waals surface area contributed by atoms with Gasteiger partial charge in [0.05, 0.1) is 41.6 Å². The molecule has 0 spiro atoms. The number of guanidine groups is 1. The Kier molecular flexibility index (Phi) is 9.44. The Balaban J connectivity index is 1.72. The van der Waals surface area contributed by atoms with Crippen molar-refractivity contribution in [3.8, 4) is 5.75 Å². The summed E-state index contributed by atoms with van der Waals surface area (Å²) in [6.45, 7) is -0.259. The van der Waals surface area contributed by atoms with Crippen molar-refractivity contribution in [3.05, 3.63) is 61.1 Å². The van der Waals surface area contributed by atoms with E-state index in [0.717, 1.165) is 6.07 Å². The molecule has 3 rings (SSSR count). The van der Waals surface area contributed by atoms with Gasteiger partial charge in [-0.25, -0.2) is 0 Å². The van der Waals surface area contributed by atoms with Crippen molar-refractivity contribution in [2.24, 2.45) is 4.99 Å².